The quantitative estimate of drug-likeness (QED) is 0.931. The van der Waals surface area contributed by atoms with Crippen LogP contribution in [0.4, 0.5) is 4.39 Å². The lowest BCUT2D eigenvalue weighted by Gasteiger charge is -2.23. The number of amides is 1. The predicted molar refractivity (Wildman–Crippen MR) is 80.6 cm³/mol. The molecule has 0 radical (unpaired) electrons. The third-order valence-electron chi connectivity index (χ3n) is 4.06. The number of halogens is 1. The Labute approximate surface area is 133 Å². The number of hydrogen-bond acceptors (Lipinski definition) is 4. The molecule has 1 aliphatic heterocycles. The number of rotatable bonds is 3. The highest BCUT2D eigenvalue weighted by molar-refractivity contribution is 5.93. The fourth-order valence-electron chi connectivity index (χ4n) is 2.93. The summed E-state index contributed by atoms with van der Waals surface area (Å²) in [7, 11) is 3.19. The largest absolute Gasteiger partial charge is 0.481 e. The van der Waals surface area contributed by atoms with Crippen molar-refractivity contribution in [1.82, 2.24) is 14.7 Å². The summed E-state index contributed by atoms with van der Waals surface area (Å²) in [5.74, 6) is -0.138. The maximum absolute atomic E-state index is 13.1. The summed E-state index contributed by atoms with van der Waals surface area (Å²) in [5, 5.41) is 14.1. The van der Waals surface area contributed by atoms with Crippen LogP contribution in [0.3, 0.4) is 0 Å². The SMILES string of the molecule is COc1cc(C(=O)N2CC(O)CC2c2ccc(F)cc2)nn1C. The van der Waals surface area contributed by atoms with Crippen LogP contribution < -0.4 is 4.74 Å². The van der Waals surface area contributed by atoms with E-state index >= 15 is 0 Å². The molecule has 0 spiro atoms. The van der Waals surface area contributed by atoms with Crippen LogP contribution in [-0.2, 0) is 7.05 Å². The van der Waals surface area contributed by atoms with Crippen LogP contribution in [0.2, 0.25) is 0 Å². The van der Waals surface area contributed by atoms with Crippen molar-refractivity contribution in [1.29, 1.82) is 0 Å². The predicted octanol–water partition coefficient (Wildman–Crippen LogP) is 1.52. The summed E-state index contributed by atoms with van der Waals surface area (Å²) in [4.78, 5) is 14.3. The summed E-state index contributed by atoms with van der Waals surface area (Å²) in [6.07, 6.45) is -0.193. The number of aryl methyl sites for hydroxylation is 1. The Bertz CT molecular complexity index is 714. The van der Waals surface area contributed by atoms with Crippen molar-refractivity contribution < 1.29 is 19.0 Å². The van der Waals surface area contributed by atoms with Crippen LogP contribution >= 0.6 is 0 Å². The summed E-state index contributed by atoms with van der Waals surface area (Å²) in [5.41, 5.74) is 1.05. The van der Waals surface area contributed by atoms with Gasteiger partial charge in [0.2, 0.25) is 5.88 Å². The van der Waals surface area contributed by atoms with Gasteiger partial charge in [-0.3, -0.25) is 4.79 Å². The maximum Gasteiger partial charge on any atom is 0.275 e. The molecular weight excluding hydrogens is 301 g/mol. The van der Waals surface area contributed by atoms with Crippen LogP contribution in [0.5, 0.6) is 5.88 Å². The van der Waals surface area contributed by atoms with Crippen LogP contribution in [0.15, 0.2) is 30.3 Å². The van der Waals surface area contributed by atoms with E-state index < -0.39 is 6.10 Å². The first kappa shape index (κ1) is 15.5. The van der Waals surface area contributed by atoms with Gasteiger partial charge in [0, 0.05) is 19.7 Å². The first-order chi connectivity index (χ1) is 11.0. The topological polar surface area (TPSA) is 67.6 Å². The number of aromatic nitrogens is 2. The van der Waals surface area contributed by atoms with E-state index in [-0.39, 0.29) is 30.0 Å². The van der Waals surface area contributed by atoms with E-state index in [0.717, 1.165) is 5.56 Å². The Morgan fingerprint density at radius 1 is 1.39 bits per heavy atom. The minimum absolute atomic E-state index is 0.222. The van der Waals surface area contributed by atoms with Crippen molar-refractivity contribution in [3.8, 4) is 5.88 Å². The number of aliphatic hydroxyl groups is 1. The molecule has 122 valence electrons. The molecule has 2 heterocycles. The van der Waals surface area contributed by atoms with Gasteiger partial charge in [0.15, 0.2) is 5.69 Å². The molecule has 6 nitrogen and oxygen atoms in total. The Kier molecular flexibility index (Phi) is 4.04. The lowest BCUT2D eigenvalue weighted by atomic mass is 10.0. The number of carbonyl (C=O) groups excluding carboxylic acids is 1. The lowest BCUT2D eigenvalue weighted by molar-refractivity contribution is 0.0709. The van der Waals surface area contributed by atoms with E-state index in [9.17, 15) is 14.3 Å². The first-order valence-electron chi connectivity index (χ1n) is 7.32. The molecule has 3 rings (SSSR count). The van der Waals surface area contributed by atoms with Crippen LogP contribution in [0.1, 0.15) is 28.5 Å². The third-order valence-corrected chi connectivity index (χ3v) is 4.06. The molecule has 23 heavy (non-hydrogen) atoms. The number of aliphatic hydroxyl groups excluding tert-OH is 1. The molecule has 1 fully saturated rings. The van der Waals surface area contributed by atoms with Gasteiger partial charge in [-0.1, -0.05) is 12.1 Å². The Morgan fingerprint density at radius 2 is 2.09 bits per heavy atom. The summed E-state index contributed by atoms with van der Waals surface area (Å²) >= 11 is 0. The number of ether oxygens (including phenoxy) is 1. The molecule has 1 N–H and O–H groups in total. The number of hydrogen-bond donors (Lipinski definition) is 1. The second-order valence-corrected chi connectivity index (χ2v) is 5.61. The minimum Gasteiger partial charge on any atom is -0.481 e. The first-order valence-corrected chi connectivity index (χ1v) is 7.32. The standard InChI is InChI=1S/C16H18FN3O3/c1-19-15(23-2)8-13(18-19)16(22)20-9-12(21)7-14(20)10-3-5-11(17)6-4-10/h3-6,8,12,14,21H,7,9H2,1-2H3. The molecule has 2 atom stereocenters. The monoisotopic (exact) mass is 319 g/mol. The molecule has 7 heteroatoms. The normalized spacial score (nSPS) is 20.8. The van der Waals surface area contributed by atoms with Crippen molar-refractivity contribution in [3.63, 3.8) is 0 Å². The fraction of sp³-hybridized carbons (Fsp3) is 0.375. The molecule has 1 aromatic heterocycles. The van der Waals surface area contributed by atoms with Crippen LogP contribution in [-0.4, -0.2) is 45.5 Å². The highest BCUT2D eigenvalue weighted by atomic mass is 19.1. The second-order valence-electron chi connectivity index (χ2n) is 5.61. The van der Waals surface area contributed by atoms with Gasteiger partial charge in [-0.15, -0.1) is 0 Å². The Hall–Kier alpha value is -2.41. The average molecular weight is 319 g/mol. The molecule has 0 bridgehead atoms. The molecule has 1 aromatic carbocycles. The van der Waals surface area contributed by atoms with Gasteiger partial charge in [-0.25, -0.2) is 9.07 Å². The number of benzene rings is 1. The van der Waals surface area contributed by atoms with Gasteiger partial charge in [-0.2, -0.15) is 5.10 Å². The van der Waals surface area contributed by atoms with E-state index in [1.807, 2.05) is 0 Å². The molecule has 1 aliphatic rings. The van der Waals surface area contributed by atoms with Crippen molar-refractivity contribution in [3.05, 3.63) is 47.4 Å². The summed E-state index contributed by atoms with van der Waals surface area (Å²) < 4.78 is 19.7. The van der Waals surface area contributed by atoms with E-state index in [4.69, 9.17) is 4.74 Å². The molecule has 1 saturated heterocycles. The van der Waals surface area contributed by atoms with Crippen LogP contribution in [0.25, 0.3) is 0 Å². The molecule has 0 saturated carbocycles. The van der Waals surface area contributed by atoms with Gasteiger partial charge in [0.25, 0.3) is 5.91 Å². The van der Waals surface area contributed by atoms with Gasteiger partial charge in [0.05, 0.1) is 19.3 Å². The molecular formula is C16H18FN3O3. The second kappa shape index (κ2) is 6.00. The smallest absolute Gasteiger partial charge is 0.275 e. The van der Waals surface area contributed by atoms with Crippen molar-refractivity contribution >= 4 is 5.91 Å². The minimum atomic E-state index is -0.611. The molecule has 0 aliphatic carbocycles. The Morgan fingerprint density at radius 3 is 2.70 bits per heavy atom. The average Bonchev–Trinajstić information content (AvgIpc) is 3.10. The number of methoxy groups -OCH3 is 1. The number of carbonyl (C=O) groups is 1. The number of β-amino-alcohol motifs (C(OH)–C–C–N with tert-alkyl or cyclic N) is 1. The van der Waals surface area contributed by atoms with E-state index in [2.05, 4.69) is 5.10 Å². The van der Waals surface area contributed by atoms with E-state index in [0.29, 0.717) is 12.3 Å². The number of nitrogens with zero attached hydrogens (tertiary/aromatic N) is 3. The maximum atomic E-state index is 13.1. The summed E-state index contributed by atoms with van der Waals surface area (Å²) in [6.45, 7) is 0.222. The zero-order valence-corrected chi connectivity index (χ0v) is 12.9. The fourth-order valence-corrected chi connectivity index (χ4v) is 2.93. The highest BCUT2D eigenvalue weighted by Crippen LogP contribution is 2.33. The van der Waals surface area contributed by atoms with E-state index in [1.165, 1.54) is 23.9 Å². The number of likely N-dealkylation sites (tertiary alicyclic amines) is 1. The Balaban J connectivity index is 1.89. The van der Waals surface area contributed by atoms with E-state index in [1.54, 1.807) is 30.1 Å². The van der Waals surface area contributed by atoms with Crippen molar-refractivity contribution in [2.75, 3.05) is 13.7 Å². The highest BCUT2D eigenvalue weighted by Gasteiger charge is 2.36. The zero-order valence-electron chi connectivity index (χ0n) is 12.9. The zero-order chi connectivity index (χ0) is 16.6. The van der Waals surface area contributed by atoms with Gasteiger partial charge in [0.1, 0.15) is 5.82 Å². The third kappa shape index (κ3) is 2.92. The van der Waals surface area contributed by atoms with Crippen molar-refractivity contribution in [2.24, 2.45) is 7.05 Å². The van der Waals surface area contributed by atoms with Crippen molar-refractivity contribution in [2.45, 2.75) is 18.6 Å². The van der Waals surface area contributed by atoms with Gasteiger partial charge in [-0.05, 0) is 24.1 Å². The molecule has 2 aromatic rings. The van der Waals surface area contributed by atoms with Crippen LogP contribution in [0, 0.1) is 5.82 Å². The van der Waals surface area contributed by atoms with Gasteiger partial charge >= 0.3 is 0 Å². The van der Waals surface area contributed by atoms with Gasteiger partial charge < -0.3 is 14.7 Å². The summed E-state index contributed by atoms with van der Waals surface area (Å²) in [6, 6.07) is 7.24. The molecule has 1 amide bonds. The molecule has 2 unspecified atom stereocenters. The lowest BCUT2D eigenvalue weighted by Crippen LogP contribution is -2.32.